The van der Waals surface area contributed by atoms with E-state index in [9.17, 15) is 8.78 Å². The van der Waals surface area contributed by atoms with Crippen LogP contribution in [0.3, 0.4) is 0 Å². The van der Waals surface area contributed by atoms with Gasteiger partial charge < -0.3 is 10.6 Å². The summed E-state index contributed by atoms with van der Waals surface area (Å²) in [5.41, 5.74) is 0.755. The van der Waals surface area contributed by atoms with E-state index >= 15 is 0 Å². The minimum absolute atomic E-state index is 0.131. The van der Waals surface area contributed by atoms with Crippen molar-refractivity contribution in [2.24, 2.45) is 0 Å². The summed E-state index contributed by atoms with van der Waals surface area (Å²) in [6.07, 6.45) is 0. The third-order valence-corrected chi connectivity index (χ3v) is 2.72. The van der Waals surface area contributed by atoms with Gasteiger partial charge in [0, 0.05) is 31.2 Å². The maximum Gasteiger partial charge on any atom is 0.163 e. The Morgan fingerprint density at radius 1 is 1.20 bits per heavy atom. The number of benzene rings is 1. The van der Waals surface area contributed by atoms with Gasteiger partial charge in [0.25, 0.3) is 0 Å². The van der Waals surface area contributed by atoms with Crippen LogP contribution in [-0.4, -0.2) is 19.6 Å². The molecule has 2 nitrogen and oxygen atoms in total. The number of hydrogen-bond donors (Lipinski definition) is 2. The minimum atomic E-state index is -0.736. The molecule has 2 N–H and O–H groups in total. The molecule has 0 aromatic heterocycles. The third-order valence-electron chi connectivity index (χ3n) is 2.72. The molecule has 4 heteroatoms. The molecule has 2 rings (SSSR count). The second-order valence-electron chi connectivity index (χ2n) is 3.81. The fourth-order valence-electron chi connectivity index (χ4n) is 1.80. The van der Waals surface area contributed by atoms with E-state index in [1.54, 1.807) is 19.1 Å². The van der Waals surface area contributed by atoms with E-state index in [0.29, 0.717) is 17.7 Å². The van der Waals surface area contributed by atoms with Crippen LogP contribution < -0.4 is 10.6 Å². The normalized spacial score (nSPS) is 21.7. The SMILES string of the molecule is Cc1ccc([C@H]2CNCCN2)c(F)c1F. The molecule has 1 aliphatic rings. The molecule has 1 atom stereocenters. The summed E-state index contributed by atoms with van der Waals surface area (Å²) >= 11 is 0. The van der Waals surface area contributed by atoms with Crippen molar-refractivity contribution in [3.63, 3.8) is 0 Å². The van der Waals surface area contributed by atoms with Crippen LogP contribution in [0.1, 0.15) is 17.2 Å². The molecule has 0 radical (unpaired) electrons. The predicted octanol–water partition coefficient (Wildman–Crippen LogP) is 1.51. The monoisotopic (exact) mass is 212 g/mol. The highest BCUT2D eigenvalue weighted by molar-refractivity contribution is 5.28. The summed E-state index contributed by atoms with van der Waals surface area (Å²) < 4.78 is 26.9. The Labute approximate surface area is 87.7 Å². The smallest absolute Gasteiger partial charge is 0.163 e. The van der Waals surface area contributed by atoms with Gasteiger partial charge in [-0.15, -0.1) is 0 Å². The van der Waals surface area contributed by atoms with E-state index in [0.717, 1.165) is 13.1 Å². The molecule has 0 saturated carbocycles. The first-order valence-corrected chi connectivity index (χ1v) is 5.08. The quantitative estimate of drug-likeness (QED) is 0.737. The Balaban J connectivity index is 2.31. The van der Waals surface area contributed by atoms with Gasteiger partial charge >= 0.3 is 0 Å². The van der Waals surface area contributed by atoms with E-state index in [1.165, 1.54) is 0 Å². The second-order valence-corrected chi connectivity index (χ2v) is 3.81. The van der Waals surface area contributed by atoms with E-state index in [1.807, 2.05) is 0 Å². The van der Waals surface area contributed by atoms with Gasteiger partial charge in [-0.05, 0) is 12.5 Å². The van der Waals surface area contributed by atoms with Crippen LogP contribution in [-0.2, 0) is 0 Å². The van der Waals surface area contributed by atoms with Crippen molar-refractivity contribution in [3.05, 3.63) is 34.9 Å². The van der Waals surface area contributed by atoms with Crippen molar-refractivity contribution in [3.8, 4) is 0 Å². The summed E-state index contributed by atoms with van der Waals surface area (Å²) in [6, 6.07) is 3.14. The third kappa shape index (κ3) is 2.01. The van der Waals surface area contributed by atoms with Crippen molar-refractivity contribution >= 4 is 0 Å². The van der Waals surface area contributed by atoms with Crippen LogP contribution in [0, 0.1) is 18.6 Å². The fraction of sp³-hybridized carbons (Fsp3) is 0.455. The maximum absolute atomic E-state index is 13.6. The topological polar surface area (TPSA) is 24.1 Å². The molecule has 1 aliphatic heterocycles. The second kappa shape index (κ2) is 4.24. The maximum atomic E-state index is 13.6. The van der Waals surface area contributed by atoms with Crippen LogP contribution in [0.4, 0.5) is 8.78 Å². The Morgan fingerprint density at radius 3 is 2.67 bits per heavy atom. The molecule has 0 spiro atoms. The van der Waals surface area contributed by atoms with Gasteiger partial charge in [-0.25, -0.2) is 8.78 Å². The van der Waals surface area contributed by atoms with E-state index < -0.39 is 11.6 Å². The van der Waals surface area contributed by atoms with Crippen molar-refractivity contribution in [2.75, 3.05) is 19.6 Å². The number of hydrogen-bond acceptors (Lipinski definition) is 2. The lowest BCUT2D eigenvalue weighted by Crippen LogP contribution is -2.43. The van der Waals surface area contributed by atoms with Gasteiger partial charge in [-0.2, -0.15) is 0 Å². The molecular formula is C11H14F2N2. The van der Waals surface area contributed by atoms with Crippen LogP contribution in [0.2, 0.25) is 0 Å². The van der Waals surface area contributed by atoms with E-state index in [2.05, 4.69) is 10.6 Å². The minimum Gasteiger partial charge on any atom is -0.314 e. The lowest BCUT2D eigenvalue weighted by molar-refractivity contribution is 0.405. The van der Waals surface area contributed by atoms with Crippen molar-refractivity contribution in [2.45, 2.75) is 13.0 Å². The van der Waals surface area contributed by atoms with Gasteiger partial charge in [-0.1, -0.05) is 12.1 Å². The summed E-state index contributed by atoms with van der Waals surface area (Å²) in [7, 11) is 0. The zero-order valence-electron chi connectivity index (χ0n) is 8.61. The molecule has 82 valence electrons. The molecule has 0 amide bonds. The summed E-state index contributed by atoms with van der Waals surface area (Å²) in [5.74, 6) is -1.46. The molecular weight excluding hydrogens is 198 g/mol. The summed E-state index contributed by atoms with van der Waals surface area (Å²) in [6.45, 7) is 3.85. The van der Waals surface area contributed by atoms with Crippen molar-refractivity contribution in [1.82, 2.24) is 10.6 Å². The first-order valence-electron chi connectivity index (χ1n) is 5.08. The number of halogens is 2. The van der Waals surface area contributed by atoms with E-state index in [4.69, 9.17) is 0 Å². The first kappa shape index (κ1) is 10.5. The molecule has 1 fully saturated rings. The fourth-order valence-corrected chi connectivity index (χ4v) is 1.80. The van der Waals surface area contributed by atoms with Crippen molar-refractivity contribution in [1.29, 1.82) is 0 Å². The van der Waals surface area contributed by atoms with Crippen LogP contribution >= 0.6 is 0 Å². The van der Waals surface area contributed by atoms with Crippen LogP contribution in [0.25, 0.3) is 0 Å². The number of piperazine rings is 1. The summed E-state index contributed by atoms with van der Waals surface area (Å²) in [4.78, 5) is 0. The Bertz CT molecular complexity index is 360. The van der Waals surface area contributed by atoms with Crippen LogP contribution in [0.5, 0.6) is 0 Å². The Kier molecular flexibility index (Phi) is 2.98. The van der Waals surface area contributed by atoms with Crippen LogP contribution in [0.15, 0.2) is 12.1 Å². The highest BCUT2D eigenvalue weighted by Crippen LogP contribution is 2.22. The molecule has 1 aromatic carbocycles. The average molecular weight is 212 g/mol. The highest BCUT2D eigenvalue weighted by atomic mass is 19.2. The first-order chi connectivity index (χ1) is 7.20. The lowest BCUT2D eigenvalue weighted by Gasteiger charge is -2.25. The predicted molar refractivity (Wildman–Crippen MR) is 54.7 cm³/mol. The lowest BCUT2D eigenvalue weighted by atomic mass is 10.0. The largest absolute Gasteiger partial charge is 0.314 e. The Hall–Kier alpha value is -1.00. The standard InChI is InChI=1S/C11H14F2N2/c1-7-2-3-8(11(13)10(7)12)9-6-14-4-5-15-9/h2-3,9,14-15H,4-6H2,1H3/t9-/m1/s1. The highest BCUT2D eigenvalue weighted by Gasteiger charge is 2.20. The van der Waals surface area contributed by atoms with Gasteiger partial charge in [0.2, 0.25) is 0 Å². The molecule has 0 bridgehead atoms. The molecule has 1 heterocycles. The Morgan fingerprint density at radius 2 is 2.00 bits per heavy atom. The molecule has 1 aromatic rings. The number of rotatable bonds is 1. The molecule has 1 saturated heterocycles. The van der Waals surface area contributed by atoms with Gasteiger partial charge in [0.1, 0.15) is 0 Å². The van der Waals surface area contributed by atoms with E-state index in [-0.39, 0.29) is 6.04 Å². The van der Waals surface area contributed by atoms with Crippen molar-refractivity contribution < 1.29 is 8.78 Å². The number of aryl methyl sites for hydroxylation is 1. The van der Waals surface area contributed by atoms with Gasteiger partial charge in [0.05, 0.1) is 0 Å². The number of nitrogens with one attached hydrogen (secondary N) is 2. The molecule has 0 unspecified atom stereocenters. The average Bonchev–Trinajstić information content (AvgIpc) is 2.27. The summed E-state index contributed by atoms with van der Waals surface area (Å²) in [5, 5.41) is 6.30. The van der Waals surface area contributed by atoms with Gasteiger partial charge in [0.15, 0.2) is 11.6 Å². The molecule has 0 aliphatic carbocycles. The zero-order valence-corrected chi connectivity index (χ0v) is 8.61. The zero-order chi connectivity index (χ0) is 10.8. The van der Waals surface area contributed by atoms with Gasteiger partial charge in [-0.3, -0.25) is 0 Å². The molecule has 15 heavy (non-hydrogen) atoms.